The second-order valence-electron chi connectivity index (χ2n) is 3.68. The summed E-state index contributed by atoms with van der Waals surface area (Å²) in [6.07, 6.45) is 3.69. The van der Waals surface area contributed by atoms with E-state index in [1.165, 1.54) is 0 Å². The van der Waals surface area contributed by atoms with Gasteiger partial charge in [-0.3, -0.25) is 0 Å². The van der Waals surface area contributed by atoms with Crippen LogP contribution in [-0.2, 0) is 0 Å². The molecule has 0 atom stereocenters. The maximum Gasteiger partial charge on any atom is 0.187 e. The van der Waals surface area contributed by atoms with Gasteiger partial charge in [-0.2, -0.15) is 0 Å². The van der Waals surface area contributed by atoms with Crippen LogP contribution in [0.3, 0.4) is 0 Å². The van der Waals surface area contributed by atoms with Gasteiger partial charge in [0.1, 0.15) is 0 Å². The van der Waals surface area contributed by atoms with Crippen molar-refractivity contribution >= 4 is 17.4 Å². The predicted octanol–water partition coefficient (Wildman–Crippen LogP) is 2.99. The van der Waals surface area contributed by atoms with Gasteiger partial charge < -0.3 is 5.32 Å². The SMILES string of the molecule is Cc1cnc(SCCNc2ccccc2)nc1. The molecule has 4 heteroatoms. The second kappa shape index (κ2) is 6.25. The molecule has 1 aromatic heterocycles. The molecule has 0 aliphatic heterocycles. The third-order valence-corrected chi connectivity index (χ3v) is 3.07. The normalized spacial score (nSPS) is 10.2. The number of nitrogens with zero attached hydrogens (tertiary/aromatic N) is 2. The zero-order valence-corrected chi connectivity index (χ0v) is 10.6. The maximum atomic E-state index is 4.25. The van der Waals surface area contributed by atoms with Gasteiger partial charge in [0.2, 0.25) is 0 Å². The van der Waals surface area contributed by atoms with Gasteiger partial charge in [0.15, 0.2) is 5.16 Å². The van der Waals surface area contributed by atoms with Crippen molar-refractivity contribution in [3.63, 3.8) is 0 Å². The van der Waals surface area contributed by atoms with Gasteiger partial charge in [0.25, 0.3) is 0 Å². The summed E-state index contributed by atoms with van der Waals surface area (Å²) in [6.45, 7) is 2.90. The van der Waals surface area contributed by atoms with Crippen LogP contribution in [0.4, 0.5) is 5.69 Å². The molecule has 1 aromatic carbocycles. The van der Waals surface area contributed by atoms with Crippen molar-refractivity contribution in [1.82, 2.24) is 9.97 Å². The van der Waals surface area contributed by atoms with Crippen LogP contribution >= 0.6 is 11.8 Å². The predicted molar refractivity (Wildman–Crippen MR) is 72.4 cm³/mol. The number of thioether (sulfide) groups is 1. The molecule has 17 heavy (non-hydrogen) atoms. The molecule has 0 aliphatic carbocycles. The molecular weight excluding hydrogens is 230 g/mol. The lowest BCUT2D eigenvalue weighted by atomic mass is 10.3. The van der Waals surface area contributed by atoms with Crippen LogP contribution in [0.5, 0.6) is 0 Å². The molecule has 0 amide bonds. The largest absolute Gasteiger partial charge is 0.384 e. The quantitative estimate of drug-likeness (QED) is 0.499. The Morgan fingerprint density at radius 1 is 1.12 bits per heavy atom. The first-order chi connectivity index (χ1) is 8.34. The molecule has 1 heterocycles. The van der Waals surface area contributed by atoms with E-state index < -0.39 is 0 Å². The van der Waals surface area contributed by atoms with Crippen molar-refractivity contribution in [3.8, 4) is 0 Å². The molecule has 0 spiro atoms. The van der Waals surface area contributed by atoms with E-state index in [4.69, 9.17) is 0 Å². The highest BCUT2D eigenvalue weighted by molar-refractivity contribution is 7.99. The van der Waals surface area contributed by atoms with Gasteiger partial charge in [-0.05, 0) is 24.6 Å². The van der Waals surface area contributed by atoms with Gasteiger partial charge in [0, 0.05) is 30.4 Å². The fourth-order valence-electron chi connectivity index (χ4n) is 1.35. The molecule has 88 valence electrons. The first-order valence-electron chi connectivity index (χ1n) is 5.55. The number of aryl methyl sites for hydroxylation is 1. The van der Waals surface area contributed by atoms with Crippen molar-refractivity contribution in [3.05, 3.63) is 48.3 Å². The molecule has 0 saturated heterocycles. The lowest BCUT2D eigenvalue weighted by molar-refractivity contribution is 0.949. The van der Waals surface area contributed by atoms with Crippen molar-refractivity contribution in [2.75, 3.05) is 17.6 Å². The molecule has 0 aliphatic rings. The van der Waals surface area contributed by atoms with Crippen molar-refractivity contribution in [2.45, 2.75) is 12.1 Å². The summed E-state index contributed by atoms with van der Waals surface area (Å²) < 4.78 is 0. The standard InChI is InChI=1S/C13H15N3S/c1-11-9-15-13(16-10-11)17-8-7-14-12-5-3-2-4-6-12/h2-6,9-10,14H,7-8H2,1H3. The zero-order valence-electron chi connectivity index (χ0n) is 9.76. The van der Waals surface area contributed by atoms with E-state index in [-0.39, 0.29) is 0 Å². The topological polar surface area (TPSA) is 37.8 Å². The Morgan fingerprint density at radius 2 is 1.82 bits per heavy atom. The highest BCUT2D eigenvalue weighted by atomic mass is 32.2. The third-order valence-electron chi connectivity index (χ3n) is 2.19. The first kappa shape index (κ1) is 11.9. The van der Waals surface area contributed by atoms with E-state index in [1.54, 1.807) is 11.8 Å². The lowest BCUT2D eigenvalue weighted by Gasteiger charge is -2.05. The van der Waals surface area contributed by atoms with Gasteiger partial charge in [-0.25, -0.2) is 9.97 Å². The van der Waals surface area contributed by atoms with Crippen molar-refractivity contribution in [2.24, 2.45) is 0 Å². The van der Waals surface area contributed by atoms with Crippen molar-refractivity contribution in [1.29, 1.82) is 0 Å². The average Bonchev–Trinajstić information content (AvgIpc) is 2.38. The van der Waals surface area contributed by atoms with E-state index in [1.807, 2.05) is 37.5 Å². The van der Waals surface area contributed by atoms with Gasteiger partial charge in [-0.1, -0.05) is 30.0 Å². The maximum absolute atomic E-state index is 4.25. The number of rotatable bonds is 5. The Labute approximate surface area is 106 Å². The number of aromatic nitrogens is 2. The summed E-state index contributed by atoms with van der Waals surface area (Å²) in [7, 11) is 0. The highest BCUT2D eigenvalue weighted by Crippen LogP contribution is 2.12. The molecule has 0 saturated carbocycles. The molecular formula is C13H15N3S. The minimum Gasteiger partial charge on any atom is -0.384 e. The van der Waals surface area contributed by atoms with Crippen molar-refractivity contribution < 1.29 is 0 Å². The number of benzene rings is 1. The Kier molecular flexibility index (Phi) is 4.38. The fraction of sp³-hybridized carbons (Fsp3) is 0.231. The Morgan fingerprint density at radius 3 is 2.53 bits per heavy atom. The van der Waals surface area contributed by atoms with Crippen LogP contribution in [0.1, 0.15) is 5.56 Å². The highest BCUT2D eigenvalue weighted by Gasteiger charge is 1.96. The van der Waals surface area contributed by atoms with Crippen LogP contribution in [0, 0.1) is 6.92 Å². The summed E-state index contributed by atoms with van der Waals surface area (Å²) in [5, 5.41) is 4.19. The molecule has 2 rings (SSSR count). The van der Waals surface area contributed by atoms with E-state index >= 15 is 0 Å². The minimum absolute atomic E-state index is 0.838. The molecule has 3 nitrogen and oxygen atoms in total. The Balaban J connectivity index is 1.71. The number of hydrogen-bond donors (Lipinski definition) is 1. The molecule has 0 bridgehead atoms. The zero-order chi connectivity index (χ0) is 11.9. The summed E-state index contributed by atoms with van der Waals surface area (Å²) in [5.74, 6) is 0.956. The molecule has 2 aromatic rings. The number of para-hydroxylation sites is 1. The molecule has 0 radical (unpaired) electrons. The molecule has 1 N–H and O–H groups in total. The summed E-state index contributed by atoms with van der Waals surface area (Å²) >= 11 is 1.66. The monoisotopic (exact) mass is 245 g/mol. The second-order valence-corrected chi connectivity index (χ2v) is 4.75. The van der Waals surface area contributed by atoms with Gasteiger partial charge in [-0.15, -0.1) is 0 Å². The van der Waals surface area contributed by atoms with E-state index in [2.05, 4.69) is 27.4 Å². The summed E-state index contributed by atoms with van der Waals surface area (Å²) in [6, 6.07) is 10.2. The lowest BCUT2D eigenvalue weighted by Crippen LogP contribution is -2.04. The Hall–Kier alpha value is -1.55. The fourth-order valence-corrected chi connectivity index (χ4v) is 1.99. The number of anilines is 1. The molecule has 0 unspecified atom stereocenters. The summed E-state index contributed by atoms with van der Waals surface area (Å²) in [5.41, 5.74) is 2.25. The minimum atomic E-state index is 0.838. The van der Waals surface area contributed by atoms with Crippen LogP contribution in [-0.4, -0.2) is 22.3 Å². The average molecular weight is 245 g/mol. The number of nitrogens with one attached hydrogen (secondary N) is 1. The Bertz CT molecular complexity index is 442. The van der Waals surface area contributed by atoms with Gasteiger partial charge >= 0.3 is 0 Å². The third kappa shape index (κ3) is 4.07. The first-order valence-corrected chi connectivity index (χ1v) is 6.53. The van der Waals surface area contributed by atoms with E-state index in [0.29, 0.717) is 0 Å². The van der Waals surface area contributed by atoms with Crippen LogP contribution in [0.2, 0.25) is 0 Å². The number of hydrogen-bond acceptors (Lipinski definition) is 4. The van der Waals surface area contributed by atoms with Crippen LogP contribution < -0.4 is 5.32 Å². The van der Waals surface area contributed by atoms with Crippen LogP contribution in [0.15, 0.2) is 47.9 Å². The van der Waals surface area contributed by atoms with Crippen LogP contribution in [0.25, 0.3) is 0 Å². The van der Waals surface area contributed by atoms with E-state index in [0.717, 1.165) is 28.7 Å². The summed E-state index contributed by atoms with van der Waals surface area (Å²) in [4.78, 5) is 8.49. The van der Waals surface area contributed by atoms with Gasteiger partial charge in [0.05, 0.1) is 0 Å². The molecule has 0 fully saturated rings. The smallest absolute Gasteiger partial charge is 0.187 e. The van der Waals surface area contributed by atoms with E-state index in [9.17, 15) is 0 Å².